The first-order valence-corrected chi connectivity index (χ1v) is 14.0. The zero-order valence-corrected chi connectivity index (χ0v) is 18.4. The number of carboxylic acid groups (broad SMARTS) is 1. The number of aryl methyl sites for hydroxylation is 1. The van der Waals surface area contributed by atoms with Gasteiger partial charge < -0.3 is 19.3 Å². The summed E-state index contributed by atoms with van der Waals surface area (Å²) in [5.74, 6) is 0.603. The molecule has 154 valence electrons. The van der Waals surface area contributed by atoms with Crippen molar-refractivity contribution in [3.05, 3.63) is 30.1 Å². The molecule has 0 radical (unpaired) electrons. The van der Waals surface area contributed by atoms with Crippen LogP contribution in [0.25, 0.3) is 11.0 Å². The lowest BCUT2D eigenvalue weighted by atomic mass is 9.90. The Labute approximate surface area is 168 Å². The second kappa shape index (κ2) is 9.09. The minimum Gasteiger partial charge on any atom is -0.465 e. The highest BCUT2D eigenvalue weighted by molar-refractivity contribution is 6.76. The maximum absolute atomic E-state index is 11.0. The summed E-state index contributed by atoms with van der Waals surface area (Å²) in [5, 5.41) is 10.3. The number of rotatable bonds is 8. The van der Waals surface area contributed by atoms with Gasteiger partial charge in [-0.25, -0.2) is 9.78 Å². The number of pyridine rings is 1. The molecule has 1 saturated heterocycles. The van der Waals surface area contributed by atoms with Gasteiger partial charge in [0.1, 0.15) is 12.4 Å². The van der Waals surface area contributed by atoms with E-state index in [9.17, 15) is 4.79 Å². The van der Waals surface area contributed by atoms with Gasteiger partial charge in [-0.3, -0.25) is 0 Å². The van der Waals surface area contributed by atoms with E-state index in [1.54, 1.807) is 0 Å². The van der Waals surface area contributed by atoms with Gasteiger partial charge in [-0.2, -0.15) is 0 Å². The van der Waals surface area contributed by atoms with Crippen LogP contribution in [0.5, 0.6) is 0 Å². The molecule has 2 aromatic heterocycles. The van der Waals surface area contributed by atoms with Crippen LogP contribution in [0.1, 0.15) is 24.8 Å². The number of hydrogen-bond donors (Lipinski definition) is 1. The van der Waals surface area contributed by atoms with Crippen LogP contribution in [0, 0.1) is 5.92 Å². The van der Waals surface area contributed by atoms with E-state index in [1.807, 2.05) is 6.20 Å². The lowest BCUT2D eigenvalue weighted by molar-refractivity contribution is 0.0899. The van der Waals surface area contributed by atoms with Gasteiger partial charge >= 0.3 is 6.09 Å². The predicted octanol–water partition coefficient (Wildman–Crippen LogP) is 4.67. The molecule has 0 bridgehead atoms. The fourth-order valence-electron chi connectivity index (χ4n) is 3.78. The number of ether oxygens (including phenoxy) is 1. The maximum Gasteiger partial charge on any atom is 0.407 e. The number of piperidine rings is 1. The van der Waals surface area contributed by atoms with Crippen molar-refractivity contribution in [1.29, 1.82) is 0 Å². The number of hydrogen-bond acceptors (Lipinski definition) is 3. The van der Waals surface area contributed by atoms with Gasteiger partial charge in [0.15, 0.2) is 0 Å². The Morgan fingerprint density at radius 1 is 1.29 bits per heavy atom. The molecule has 28 heavy (non-hydrogen) atoms. The zero-order chi connectivity index (χ0) is 20.1. The Bertz CT molecular complexity index is 792. The van der Waals surface area contributed by atoms with E-state index in [0.717, 1.165) is 37.9 Å². The van der Waals surface area contributed by atoms with Crippen molar-refractivity contribution in [2.24, 2.45) is 5.92 Å². The Morgan fingerprint density at radius 3 is 2.71 bits per heavy atom. The van der Waals surface area contributed by atoms with E-state index >= 15 is 0 Å². The molecule has 1 aliphatic rings. The van der Waals surface area contributed by atoms with Crippen LogP contribution < -0.4 is 0 Å². The second-order valence-corrected chi connectivity index (χ2v) is 14.7. The molecule has 0 unspecified atom stereocenters. The fraction of sp³-hybridized carbons (Fsp3) is 0.619. The highest BCUT2D eigenvalue weighted by Crippen LogP contribution is 2.25. The summed E-state index contributed by atoms with van der Waals surface area (Å²) in [6.45, 7) is 9.78. The third-order valence-corrected chi connectivity index (χ3v) is 7.39. The lowest BCUT2D eigenvalue weighted by Gasteiger charge is -2.30. The Balaban J connectivity index is 1.55. The molecule has 6 nitrogen and oxygen atoms in total. The summed E-state index contributed by atoms with van der Waals surface area (Å²) in [7, 11) is -1.07. The monoisotopic (exact) mass is 403 g/mol. The van der Waals surface area contributed by atoms with Crippen LogP contribution >= 0.6 is 0 Å². The lowest BCUT2D eigenvalue weighted by Crippen LogP contribution is -2.37. The molecule has 3 heterocycles. The molecule has 0 spiro atoms. The first-order chi connectivity index (χ1) is 13.3. The molecular formula is C21H33N3O3Si. The molecule has 1 amide bonds. The van der Waals surface area contributed by atoms with E-state index in [-0.39, 0.29) is 0 Å². The van der Waals surface area contributed by atoms with Crippen molar-refractivity contribution < 1.29 is 14.6 Å². The quantitative estimate of drug-likeness (QED) is 0.514. The average Bonchev–Trinajstić information content (AvgIpc) is 3.07. The summed E-state index contributed by atoms with van der Waals surface area (Å²) >= 11 is 0. The van der Waals surface area contributed by atoms with Crippen LogP contribution in [-0.2, 0) is 17.9 Å². The van der Waals surface area contributed by atoms with Gasteiger partial charge in [0.05, 0.1) is 0 Å². The first-order valence-electron chi connectivity index (χ1n) is 10.3. The Hall–Kier alpha value is -1.86. The van der Waals surface area contributed by atoms with Crippen molar-refractivity contribution in [3.8, 4) is 0 Å². The third kappa shape index (κ3) is 5.58. The Morgan fingerprint density at radius 2 is 2.04 bits per heavy atom. The molecular weight excluding hydrogens is 370 g/mol. The van der Waals surface area contributed by atoms with E-state index in [2.05, 4.69) is 47.5 Å². The highest BCUT2D eigenvalue weighted by Gasteiger charge is 2.22. The first kappa shape index (κ1) is 20.9. The number of nitrogens with zero attached hydrogens (tertiary/aromatic N) is 3. The zero-order valence-electron chi connectivity index (χ0n) is 17.4. The van der Waals surface area contributed by atoms with Crippen molar-refractivity contribution in [3.63, 3.8) is 0 Å². The van der Waals surface area contributed by atoms with E-state index in [0.29, 0.717) is 25.7 Å². The van der Waals surface area contributed by atoms with Gasteiger partial charge in [-0.1, -0.05) is 19.6 Å². The summed E-state index contributed by atoms with van der Waals surface area (Å²) in [5.41, 5.74) is 2.32. The second-order valence-electron chi connectivity index (χ2n) is 9.09. The number of likely N-dealkylation sites (tertiary alicyclic amines) is 1. The third-order valence-electron chi connectivity index (χ3n) is 5.69. The van der Waals surface area contributed by atoms with Crippen LogP contribution in [0.2, 0.25) is 25.7 Å². The molecule has 0 atom stereocenters. The molecule has 0 saturated carbocycles. The molecule has 2 aromatic rings. The summed E-state index contributed by atoms with van der Waals surface area (Å²) in [4.78, 5) is 17.1. The standard InChI is InChI=1S/C21H33N3O3Si/c1-28(2,3)15-14-27-16-24-13-9-19-18(6-10-22-20(19)24)5-4-17-7-11-23(12-8-17)21(25)26/h6,9-10,13,17H,4-5,7-8,11-12,14-16H2,1-3H3,(H,25,26). The smallest absolute Gasteiger partial charge is 0.407 e. The minimum absolute atomic E-state index is 0.554. The Kier molecular flexibility index (Phi) is 6.77. The van der Waals surface area contributed by atoms with Crippen molar-refractivity contribution in [2.45, 2.75) is 58.1 Å². The van der Waals surface area contributed by atoms with Crippen LogP contribution in [0.4, 0.5) is 4.79 Å². The molecule has 1 N–H and O–H groups in total. The number of amides is 1. The van der Waals surface area contributed by atoms with E-state index < -0.39 is 14.2 Å². The highest BCUT2D eigenvalue weighted by atomic mass is 28.3. The normalized spacial score (nSPS) is 16.0. The molecule has 0 aliphatic carbocycles. The van der Waals surface area contributed by atoms with Crippen molar-refractivity contribution in [1.82, 2.24) is 14.5 Å². The van der Waals surface area contributed by atoms with Gasteiger partial charge in [-0.05, 0) is 55.3 Å². The number of carbonyl (C=O) groups is 1. The average molecular weight is 404 g/mol. The molecule has 1 aliphatic heterocycles. The van der Waals surface area contributed by atoms with E-state index in [4.69, 9.17) is 9.84 Å². The van der Waals surface area contributed by atoms with Crippen LogP contribution in [0.15, 0.2) is 24.5 Å². The molecule has 0 aromatic carbocycles. The topological polar surface area (TPSA) is 67.6 Å². The summed E-state index contributed by atoms with van der Waals surface area (Å²) in [6.07, 6.45) is 7.22. The molecule has 7 heteroatoms. The van der Waals surface area contributed by atoms with Crippen molar-refractivity contribution in [2.75, 3.05) is 19.7 Å². The number of fused-ring (bicyclic) bond motifs is 1. The van der Waals surface area contributed by atoms with Crippen LogP contribution in [0.3, 0.4) is 0 Å². The van der Waals surface area contributed by atoms with Gasteiger partial charge in [-0.15, -0.1) is 0 Å². The minimum atomic E-state index is -1.07. The fourth-order valence-corrected chi connectivity index (χ4v) is 4.54. The summed E-state index contributed by atoms with van der Waals surface area (Å²) < 4.78 is 7.98. The van der Waals surface area contributed by atoms with Crippen molar-refractivity contribution >= 4 is 25.2 Å². The molecule has 3 rings (SSSR count). The summed E-state index contributed by atoms with van der Waals surface area (Å²) in [6, 6.07) is 5.43. The van der Waals surface area contributed by atoms with Gasteiger partial charge in [0.2, 0.25) is 0 Å². The van der Waals surface area contributed by atoms with E-state index in [1.165, 1.54) is 21.9 Å². The predicted molar refractivity (Wildman–Crippen MR) is 114 cm³/mol. The van der Waals surface area contributed by atoms with Crippen LogP contribution in [-0.4, -0.2) is 53.4 Å². The molecule has 1 fully saturated rings. The number of aromatic nitrogens is 2. The van der Waals surface area contributed by atoms with Gasteiger partial charge in [0.25, 0.3) is 0 Å². The SMILES string of the molecule is C[Si](C)(C)CCOCn1ccc2c(CCC3CCN(C(=O)O)CC3)ccnc21. The van der Waals surface area contributed by atoms with Gasteiger partial charge in [0, 0.05) is 45.6 Å². The largest absolute Gasteiger partial charge is 0.465 e. The maximum atomic E-state index is 11.0.